The van der Waals surface area contributed by atoms with Gasteiger partial charge < -0.3 is 9.84 Å². The number of carbonyl (C=O) groups is 1. The zero-order chi connectivity index (χ0) is 19.8. The molecular formula is C17H16F3N5O2. The number of nitrogens with one attached hydrogen (secondary N) is 1. The molecule has 27 heavy (non-hydrogen) atoms. The second-order valence-electron chi connectivity index (χ2n) is 6.06. The lowest BCUT2D eigenvalue weighted by molar-refractivity contribution is -0.141. The Hall–Kier alpha value is -3.17. The highest BCUT2D eigenvalue weighted by Crippen LogP contribution is 2.28. The zero-order valence-electron chi connectivity index (χ0n) is 14.7. The quantitative estimate of drug-likeness (QED) is 0.752. The highest BCUT2D eigenvalue weighted by atomic mass is 19.4. The van der Waals surface area contributed by atoms with E-state index in [9.17, 15) is 18.0 Å². The van der Waals surface area contributed by atoms with E-state index in [1.165, 1.54) is 7.05 Å². The van der Waals surface area contributed by atoms with Crippen LogP contribution in [0, 0.1) is 6.92 Å². The Morgan fingerprint density at radius 3 is 2.67 bits per heavy atom. The summed E-state index contributed by atoms with van der Waals surface area (Å²) in [5.74, 6) is -0.234. The molecule has 1 amide bonds. The number of amides is 1. The molecule has 7 nitrogen and oxygen atoms in total. The van der Waals surface area contributed by atoms with Gasteiger partial charge in [0.15, 0.2) is 11.5 Å². The third-order valence-corrected chi connectivity index (χ3v) is 3.84. The lowest BCUT2D eigenvalue weighted by Gasteiger charge is -2.09. The largest absolute Gasteiger partial charge is 0.435 e. The first-order chi connectivity index (χ1) is 12.6. The summed E-state index contributed by atoms with van der Waals surface area (Å²) in [6.07, 6.45) is -4.63. The van der Waals surface area contributed by atoms with E-state index in [0.717, 1.165) is 15.8 Å². The van der Waals surface area contributed by atoms with E-state index in [-0.39, 0.29) is 17.4 Å². The van der Waals surface area contributed by atoms with Gasteiger partial charge in [-0.2, -0.15) is 23.3 Å². The smallest absolute Gasteiger partial charge is 0.341 e. The van der Waals surface area contributed by atoms with Gasteiger partial charge in [0.1, 0.15) is 5.69 Å². The Bertz CT molecular complexity index is 977. The van der Waals surface area contributed by atoms with Crippen LogP contribution in [0.25, 0.3) is 11.5 Å². The van der Waals surface area contributed by atoms with Crippen molar-refractivity contribution in [1.29, 1.82) is 0 Å². The molecule has 3 rings (SSSR count). The fourth-order valence-electron chi connectivity index (χ4n) is 2.46. The first-order valence-corrected chi connectivity index (χ1v) is 7.98. The van der Waals surface area contributed by atoms with Gasteiger partial charge in [0.2, 0.25) is 0 Å². The number of halogens is 3. The molecule has 142 valence electrons. The average molecular weight is 379 g/mol. The van der Waals surface area contributed by atoms with Crippen molar-refractivity contribution in [2.45, 2.75) is 26.1 Å². The lowest BCUT2D eigenvalue weighted by Crippen LogP contribution is -2.29. The highest BCUT2D eigenvalue weighted by Gasteiger charge is 2.35. The molecule has 1 aromatic carbocycles. The lowest BCUT2D eigenvalue weighted by atomic mass is 10.1. The fourth-order valence-corrected chi connectivity index (χ4v) is 2.46. The molecule has 1 N–H and O–H groups in total. The number of rotatable bonds is 4. The minimum atomic E-state index is -4.63. The van der Waals surface area contributed by atoms with Gasteiger partial charge in [-0.3, -0.25) is 9.48 Å². The monoisotopic (exact) mass is 379 g/mol. The van der Waals surface area contributed by atoms with Crippen molar-refractivity contribution in [3.63, 3.8) is 0 Å². The Kier molecular flexibility index (Phi) is 4.73. The predicted molar refractivity (Wildman–Crippen MR) is 88.6 cm³/mol. The Balaban J connectivity index is 1.75. The van der Waals surface area contributed by atoms with Gasteiger partial charge in [-0.25, -0.2) is 0 Å². The van der Waals surface area contributed by atoms with E-state index in [1.54, 1.807) is 6.92 Å². The number of aromatic nitrogens is 4. The van der Waals surface area contributed by atoms with Crippen LogP contribution in [0.5, 0.6) is 0 Å². The van der Waals surface area contributed by atoms with Crippen molar-refractivity contribution in [2.24, 2.45) is 7.05 Å². The van der Waals surface area contributed by atoms with Crippen LogP contribution in [-0.4, -0.2) is 25.8 Å². The molecule has 0 aliphatic heterocycles. The fraction of sp³-hybridized carbons (Fsp3) is 0.294. The summed E-state index contributed by atoms with van der Waals surface area (Å²) in [5, 5.41) is 9.69. The van der Waals surface area contributed by atoms with Crippen LogP contribution in [0.2, 0.25) is 0 Å². The van der Waals surface area contributed by atoms with Gasteiger partial charge in [-0.1, -0.05) is 22.9 Å². The second-order valence-corrected chi connectivity index (χ2v) is 6.06. The number of nitrogens with zero attached hydrogens (tertiary/aromatic N) is 4. The highest BCUT2D eigenvalue weighted by molar-refractivity contribution is 5.92. The Morgan fingerprint density at radius 1 is 1.30 bits per heavy atom. The normalized spacial score (nSPS) is 12.8. The van der Waals surface area contributed by atoms with E-state index in [0.29, 0.717) is 6.07 Å². The molecule has 0 aliphatic carbocycles. The summed E-state index contributed by atoms with van der Waals surface area (Å²) in [5.41, 5.74) is 0.389. The van der Waals surface area contributed by atoms with Gasteiger partial charge in [-0.05, 0) is 26.0 Å². The summed E-state index contributed by atoms with van der Waals surface area (Å²) in [6.45, 7) is 3.52. The number of benzene rings is 1. The van der Waals surface area contributed by atoms with E-state index >= 15 is 0 Å². The molecule has 0 bridgehead atoms. The summed E-state index contributed by atoms with van der Waals surface area (Å²) in [7, 11) is 1.26. The van der Waals surface area contributed by atoms with Crippen LogP contribution in [0.4, 0.5) is 13.2 Å². The summed E-state index contributed by atoms with van der Waals surface area (Å²) >= 11 is 0. The van der Waals surface area contributed by atoms with Gasteiger partial charge in [-0.15, -0.1) is 0 Å². The summed E-state index contributed by atoms with van der Waals surface area (Å²) in [4.78, 5) is 16.5. The first-order valence-electron chi connectivity index (χ1n) is 7.98. The minimum absolute atomic E-state index is 0.207. The van der Waals surface area contributed by atoms with Crippen molar-refractivity contribution < 1.29 is 22.5 Å². The van der Waals surface area contributed by atoms with Gasteiger partial charge >= 0.3 is 6.18 Å². The third-order valence-electron chi connectivity index (χ3n) is 3.84. The van der Waals surface area contributed by atoms with Crippen LogP contribution in [0.1, 0.15) is 40.5 Å². The first kappa shape index (κ1) is 18.6. The molecule has 2 heterocycles. The molecule has 0 saturated carbocycles. The standard InChI is InChI=1S/C17H16F3N5O2/c1-9-5-4-6-11(7-9)16-22-14(24-27-16)10(2)21-15(26)12-8-13(17(18,19)20)23-25(12)3/h4-8,10H,1-3H3,(H,21,26). The van der Waals surface area contributed by atoms with Gasteiger partial charge in [0.25, 0.3) is 11.8 Å². The van der Waals surface area contributed by atoms with Crippen LogP contribution >= 0.6 is 0 Å². The molecule has 0 radical (unpaired) electrons. The number of hydrogen-bond acceptors (Lipinski definition) is 5. The molecule has 2 aromatic heterocycles. The molecule has 3 aromatic rings. The van der Waals surface area contributed by atoms with E-state index in [4.69, 9.17) is 4.52 Å². The van der Waals surface area contributed by atoms with Crippen molar-refractivity contribution in [3.8, 4) is 11.5 Å². The van der Waals surface area contributed by atoms with Crippen LogP contribution in [0.3, 0.4) is 0 Å². The number of aryl methyl sites for hydroxylation is 2. The Labute approximate surface area is 152 Å². The maximum Gasteiger partial charge on any atom is 0.435 e. The van der Waals surface area contributed by atoms with E-state index in [2.05, 4.69) is 20.6 Å². The van der Waals surface area contributed by atoms with Gasteiger partial charge in [0.05, 0.1) is 6.04 Å². The van der Waals surface area contributed by atoms with Crippen LogP contribution in [-0.2, 0) is 13.2 Å². The molecular weight excluding hydrogens is 363 g/mol. The zero-order valence-corrected chi connectivity index (χ0v) is 14.7. The molecule has 10 heteroatoms. The number of alkyl halides is 3. The van der Waals surface area contributed by atoms with Crippen molar-refractivity contribution in [1.82, 2.24) is 25.2 Å². The SMILES string of the molecule is Cc1cccc(-c2nc(C(C)NC(=O)c3cc(C(F)(F)F)nn3C)no2)c1. The third kappa shape index (κ3) is 3.99. The van der Waals surface area contributed by atoms with E-state index in [1.807, 2.05) is 31.2 Å². The molecule has 1 unspecified atom stereocenters. The molecule has 0 fully saturated rings. The van der Waals surface area contributed by atoms with Gasteiger partial charge in [0, 0.05) is 18.7 Å². The molecule has 0 aliphatic rings. The minimum Gasteiger partial charge on any atom is -0.341 e. The van der Waals surface area contributed by atoms with E-state index < -0.39 is 23.8 Å². The maximum atomic E-state index is 12.7. The molecule has 1 atom stereocenters. The predicted octanol–water partition coefficient (Wildman–Crippen LogP) is 3.29. The molecule has 0 saturated heterocycles. The molecule has 0 spiro atoms. The van der Waals surface area contributed by atoms with Crippen LogP contribution < -0.4 is 5.32 Å². The van der Waals surface area contributed by atoms with Crippen LogP contribution in [0.15, 0.2) is 34.9 Å². The summed E-state index contributed by atoms with van der Waals surface area (Å²) < 4.78 is 44.3. The van der Waals surface area contributed by atoms with Crippen molar-refractivity contribution >= 4 is 5.91 Å². The average Bonchev–Trinajstić information content (AvgIpc) is 3.21. The van der Waals surface area contributed by atoms with Crippen molar-refractivity contribution in [3.05, 3.63) is 53.1 Å². The topological polar surface area (TPSA) is 85.8 Å². The summed E-state index contributed by atoms with van der Waals surface area (Å²) in [6, 6.07) is 7.46. The van der Waals surface area contributed by atoms with Crippen molar-refractivity contribution in [2.75, 3.05) is 0 Å². The maximum absolute atomic E-state index is 12.7. The second kappa shape index (κ2) is 6.86. The number of carbonyl (C=O) groups excluding carboxylic acids is 1. The number of hydrogen-bond donors (Lipinski definition) is 1. The Morgan fingerprint density at radius 2 is 2.04 bits per heavy atom.